The molecule has 0 bridgehead atoms. The molecule has 1 aromatic rings. The number of rotatable bonds is 4. The van der Waals surface area contributed by atoms with E-state index in [1.54, 1.807) is 0 Å². The third-order valence-corrected chi connectivity index (χ3v) is 2.12. The fraction of sp³-hybridized carbons (Fsp3) is 0.250. The molecule has 0 aliphatic rings. The van der Waals surface area contributed by atoms with Crippen molar-refractivity contribution in [2.45, 2.75) is 13.0 Å². The summed E-state index contributed by atoms with van der Waals surface area (Å²) in [4.78, 5) is 10.9. The fourth-order valence-electron chi connectivity index (χ4n) is 1.18. The predicted octanol–water partition coefficient (Wildman–Crippen LogP) is 1.33. The maximum Gasteiger partial charge on any atom is 0.243 e. The molecule has 3 heteroatoms. The lowest BCUT2D eigenvalue weighted by Crippen LogP contribution is -2.26. The number of benzene rings is 1. The maximum absolute atomic E-state index is 10.9. The molecule has 0 radical (unpaired) electrons. The van der Waals surface area contributed by atoms with Gasteiger partial charge in [0.2, 0.25) is 5.91 Å². The van der Waals surface area contributed by atoms with Crippen molar-refractivity contribution in [3.63, 3.8) is 0 Å². The van der Waals surface area contributed by atoms with Crippen LogP contribution < -0.4 is 5.32 Å². The zero-order valence-corrected chi connectivity index (χ0v) is 8.73. The highest BCUT2D eigenvalue weighted by atomic mass is 16.3. The number of aryl methyl sites for hydroxylation is 1. The Bertz CT molecular complexity index is 343. The Morgan fingerprint density at radius 1 is 1.53 bits per heavy atom. The van der Waals surface area contributed by atoms with Gasteiger partial charge in [0.05, 0.1) is 6.10 Å². The fourth-order valence-corrected chi connectivity index (χ4v) is 1.18. The van der Waals surface area contributed by atoms with E-state index in [1.165, 1.54) is 6.08 Å². The second-order valence-electron chi connectivity index (χ2n) is 3.38. The lowest BCUT2D eigenvalue weighted by molar-refractivity contribution is -0.116. The highest BCUT2D eigenvalue weighted by Gasteiger charge is 2.07. The van der Waals surface area contributed by atoms with E-state index >= 15 is 0 Å². The number of carbonyl (C=O) groups is 1. The van der Waals surface area contributed by atoms with E-state index in [-0.39, 0.29) is 12.5 Å². The summed E-state index contributed by atoms with van der Waals surface area (Å²) in [5.41, 5.74) is 1.94. The number of aliphatic hydroxyl groups excluding tert-OH is 1. The summed E-state index contributed by atoms with van der Waals surface area (Å²) in [7, 11) is 0. The highest BCUT2D eigenvalue weighted by molar-refractivity contribution is 5.86. The Kier molecular flexibility index (Phi) is 4.06. The number of amides is 1. The first-order valence-electron chi connectivity index (χ1n) is 4.78. The smallest absolute Gasteiger partial charge is 0.243 e. The lowest BCUT2D eigenvalue weighted by atomic mass is 10.1. The topological polar surface area (TPSA) is 49.3 Å². The largest absolute Gasteiger partial charge is 0.387 e. The Balaban J connectivity index is 2.53. The molecule has 1 aromatic carbocycles. The first-order chi connectivity index (χ1) is 7.13. The van der Waals surface area contributed by atoms with Crippen molar-refractivity contribution in [2.24, 2.45) is 0 Å². The molecule has 0 saturated carbocycles. The summed E-state index contributed by atoms with van der Waals surface area (Å²) in [6.45, 7) is 5.51. The monoisotopic (exact) mass is 205 g/mol. The van der Waals surface area contributed by atoms with Crippen molar-refractivity contribution < 1.29 is 9.90 Å². The van der Waals surface area contributed by atoms with Gasteiger partial charge in [0.25, 0.3) is 0 Å². The molecule has 1 atom stereocenters. The summed E-state index contributed by atoms with van der Waals surface area (Å²) in [6, 6.07) is 7.54. The normalized spacial score (nSPS) is 11.9. The number of aliphatic hydroxyl groups is 1. The van der Waals surface area contributed by atoms with Crippen LogP contribution in [0.1, 0.15) is 17.2 Å². The van der Waals surface area contributed by atoms with Crippen LogP contribution in [0.4, 0.5) is 0 Å². The first-order valence-corrected chi connectivity index (χ1v) is 4.78. The molecule has 0 spiro atoms. The van der Waals surface area contributed by atoms with Gasteiger partial charge in [-0.05, 0) is 18.6 Å². The van der Waals surface area contributed by atoms with Crippen molar-refractivity contribution in [1.29, 1.82) is 0 Å². The van der Waals surface area contributed by atoms with Gasteiger partial charge in [-0.25, -0.2) is 0 Å². The average Bonchev–Trinajstić information content (AvgIpc) is 2.26. The minimum Gasteiger partial charge on any atom is -0.387 e. The van der Waals surface area contributed by atoms with Crippen molar-refractivity contribution in [1.82, 2.24) is 5.32 Å². The molecule has 2 N–H and O–H groups in total. The molecule has 0 heterocycles. The van der Waals surface area contributed by atoms with Gasteiger partial charge in [0, 0.05) is 6.54 Å². The van der Waals surface area contributed by atoms with Crippen LogP contribution in [0, 0.1) is 6.92 Å². The van der Waals surface area contributed by atoms with Gasteiger partial charge in [-0.3, -0.25) is 4.79 Å². The van der Waals surface area contributed by atoms with E-state index < -0.39 is 6.10 Å². The molecule has 0 aromatic heterocycles. The number of hydrogen-bond donors (Lipinski definition) is 2. The van der Waals surface area contributed by atoms with Crippen molar-refractivity contribution in [3.8, 4) is 0 Å². The second kappa shape index (κ2) is 5.32. The molecule has 15 heavy (non-hydrogen) atoms. The van der Waals surface area contributed by atoms with Crippen LogP contribution in [0.15, 0.2) is 36.9 Å². The van der Waals surface area contributed by atoms with E-state index in [0.717, 1.165) is 11.1 Å². The molecule has 80 valence electrons. The van der Waals surface area contributed by atoms with Gasteiger partial charge >= 0.3 is 0 Å². The van der Waals surface area contributed by atoms with Crippen molar-refractivity contribution >= 4 is 5.91 Å². The van der Waals surface area contributed by atoms with Crippen molar-refractivity contribution in [2.75, 3.05) is 6.54 Å². The molecule has 0 saturated heterocycles. The third-order valence-electron chi connectivity index (χ3n) is 2.12. The second-order valence-corrected chi connectivity index (χ2v) is 3.38. The van der Waals surface area contributed by atoms with E-state index in [1.807, 2.05) is 31.2 Å². The molecule has 3 nitrogen and oxygen atoms in total. The number of hydrogen-bond acceptors (Lipinski definition) is 2. The van der Waals surface area contributed by atoms with Gasteiger partial charge < -0.3 is 10.4 Å². The summed E-state index contributed by atoms with van der Waals surface area (Å²) in [6.07, 6.45) is 0.511. The Hall–Kier alpha value is -1.61. The minimum absolute atomic E-state index is 0.202. The third kappa shape index (κ3) is 3.56. The van der Waals surface area contributed by atoms with Gasteiger partial charge in [-0.15, -0.1) is 0 Å². The summed E-state index contributed by atoms with van der Waals surface area (Å²) in [5.74, 6) is -0.277. The molecule has 1 rings (SSSR count). The highest BCUT2D eigenvalue weighted by Crippen LogP contribution is 2.12. The molecular weight excluding hydrogens is 190 g/mol. The Morgan fingerprint density at radius 3 is 2.67 bits per heavy atom. The van der Waals surface area contributed by atoms with Gasteiger partial charge in [-0.1, -0.05) is 36.4 Å². The SMILES string of the molecule is C=CC(=O)NC[C@H](O)c1ccc(C)cc1. The standard InChI is InChI=1S/C12H15NO2/c1-3-12(15)13-8-11(14)10-6-4-9(2)5-7-10/h3-7,11,14H,1,8H2,2H3,(H,13,15)/t11-/m0/s1. The van der Waals surface area contributed by atoms with Gasteiger partial charge in [0.15, 0.2) is 0 Å². The van der Waals surface area contributed by atoms with E-state index in [4.69, 9.17) is 0 Å². The maximum atomic E-state index is 10.9. The van der Waals surface area contributed by atoms with Crippen LogP contribution in [0.2, 0.25) is 0 Å². The average molecular weight is 205 g/mol. The van der Waals surface area contributed by atoms with Crippen molar-refractivity contribution in [3.05, 3.63) is 48.0 Å². The van der Waals surface area contributed by atoms with E-state index in [0.29, 0.717) is 0 Å². The van der Waals surface area contributed by atoms with Gasteiger partial charge in [-0.2, -0.15) is 0 Å². The molecule has 1 amide bonds. The Labute approximate surface area is 89.4 Å². The molecular formula is C12H15NO2. The first kappa shape index (κ1) is 11.5. The lowest BCUT2D eigenvalue weighted by Gasteiger charge is -2.11. The molecule has 0 aliphatic carbocycles. The number of nitrogens with one attached hydrogen (secondary N) is 1. The molecule has 0 fully saturated rings. The summed E-state index contributed by atoms with van der Waals surface area (Å²) in [5, 5.41) is 12.2. The van der Waals surface area contributed by atoms with Crippen LogP contribution in [0.25, 0.3) is 0 Å². The summed E-state index contributed by atoms with van der Waals surface area (Å²) < 4.78 is 0. The zero-order chi connectivity index (χ0) is 11.3. The molecule has 0 aliphatic heterocycles. The van der Waals surface area contributed by atoms with E-state index in [9.17, 15) is 9.90 Å². The Morgan fingerprint density at radius 2 is 2.13 bits per heavy atom. The van der Waals surface area contributed by atoms with E-state index in [2.05, 4.69) is 11.9 Å². The van der Waals surface area contributed by atoms with Gasteiger partial charge in [0.1, 0.15) is 0 Å². The molecule has 0 unspecified atom stereocenters. The van der Waals surface area contributed by atoms with Crippen LogP contribution in [-0.2, 0) is 4.79 Å². The minimum atomic E-state index is -0.672. The quantitative estimate of drug-likeness (QED) is 0.728. The van der Waals surface area contributed by atoms with Crippen LogP contribution >= 0.6 is 0 Å². The van der Waals surface area contributed by atoms with Crippen LogP contribution in [0.5, 0.6) is 0 Å². The zero-order valence-electron chi connectivity index (χ0n) is 8.73. The number of carbonyl (C=O) groups excluding carboxylic acids is 1. The summed E-state index contributed by atoms with van der Waals surface area (Å²) >= 11 is 0. The van der Waals surface area contributed by atoms with Crippen LogP contribution in [-0.4, -0.2) is 17.6 Å². The predicted molar refractivity (Wildman–Crippen MR) is 59.3 cm³/mol. The van der Waals surface area contributed by atoms with Crippen LogP contribution in [0.3, 0.4) is 0 Å².